The molecule has 1 aromatic rings. The van der Waals surface area contributed by atoms with Gasteiger partial charge in [0.15, 0.2) is 0 Å². The van der Waals surface area contributed by atoms with Crippen molar-refractivity contribution in [3.05, 3.63) is 34.3 Å². The third kappa shape index (κ3) is 4.28. The molecule has 0 saturated carbocycles. The predicted molar refractivity (Wildman–Crippen MR) is 80.1 cm³/mol. The molecule has 106 valence electrons. The van der Waals surface area contributed by atoms with E-state index in [4.69, 9.17) is 4.74 Å². The summed E-state index contributed by atoms with van der Waals surface area (Å²) in [5, 5.41) is 12.8. The highest BCUT2D eigenvalue weighted by molar-refractivity contribution is 9.10. The van der Waals surface area contributed by atoms with Gasteiger partial charge in [-0.15, -0.1) is 0 Å². The smallest absolute Gasteiger partial charge is 0.0582 e. The van der Waals surface area contributed by atoms with Gasteiger partial charge in [-0.25, -0.2) is 0 Å². The van der Waals surface area contributed by atoms with E-state index in [1.165, 1.54) is 5.56 Å². The van der Waals surface area contributed by atoms with Crippen molar-refractivity contribution in [2.45, 2.75) is 31.8 Å². The van der Waals surface area contributed by atoms with Crippen LogP contribution < -0.4 is 5.32 Å². The van der Waals surface area contributed by atoms with Gasteiger partial charge in [0.25, 0.3) is 0 Å². The van der Waals surface area contributed by atoms with Gasteiger partial charge in [0.1, 0.15) is 0 Å². The van der Waals surface area contributed by atoms with E-state index in [0.717, 1.165) is 30.5 Å². The number of hydrogen-bond acceptors (Lipinski definition) is 3. The highest BCUT2D eigenvalue weighted by atomic mass is 79.9. The molecule has 1 aromatic carbocycles. The molecule has 0 amide bonds. The highest BCUT2D eigenvalue weighted by Crippen LogP contribution is 2.31. The Kier molecular flexibility index (Phi) is 5.82. The molecule has 1 fully saturated rings. The minimum atomic E-state index is 0.108. The minimum absolute atomic E-state index is 0.108. The van der Waals surface area contributed by atoms with Gasteiger partial charge in [0.2, 0.25) is 0 Å². The van der Waals surface area contributed by atoms with Gasteiger partial charge in [0.05, 0.1) is 6.61 Å². The van der Waals surface area contributed by atoms with E-state index in [1.807, 2.05) is 6.92 Å². The van der Waals surface area contributed by atoms with E-state index < -0.39 is 0 Å². The van der Waals surface area contributed by atoms with Crippen molar-refractivity contribution < 1.29 is 9.84 Å². The first-order valence-corrected chi connectivity index (χ1v) is 7.70. The Hall–Kier alpha value is -0.420. The average molecular weight is 328 g/mol. The molecule has 2 atom stereocenters. The normalized spacial score (nSPS) is 20.2. The van der Waals surface area contributed by atoms with E-state index in [-0.39, 0.29) is 12.6 Å². The summed E-state index contributed by atoms with van der Waals surface area (Å²) in [7, 11) is 0. The minimum Gasteiger partial charge on any atom is -0.395 e. The number of hydrogen-bond donors (Lipinski definition) is 2. The van der Waals surface area contributed by atoms with Gasteiger partial charge in [-0.3, -0.25) is 0 Å². The number of rotatable bonds is 5. The van der Waals surface area contributed by atoms with Crippen LogP contribution in [0.1, 0.15) is 31.4 Å². The standard InChI is InChI=1S/C15H22BrNO2/c1-11(10-18)17-15(13-6-8-19-9-7-13)12-2-4-14(16)5-3-12/h2-5,11,13,15,17-18H,6-10H2,1H3/t11-,15+/m0/s1. The lowest BCUT2D eigenvalue weighted by atomic mass is 9.86. The molecule has 1 aliphatic heterocycles. The largest absolute Gasteiger partial charge is 0.395 e. The zero-order chi connectivity index (χ0) is 13.7. The summed E-state index contributed by atoms with van der Waals surface area (Å²) in [6.45, 7) is 3.86. The first-order chi connectivity index (χ1) is 9.20. The molecule has 0 bridgehead atoms. The van der Waals surface area contributed by atoms with Crippen LogP contribution in [0.15, 0.2) is 28.7 Å². The van der Waals surface area contributed by atoms with Gasteiger partial charge in [-0.2, -0.15) is 0 Å². The van der Waals surface area contributed by atoms with Gasteiger partial charge < -0.3 is 15.2 Å². The summed E-state index contributed by atoms with van der Waals surface area (Å²) in [6, 6.07) is 8.86. The summed E-state index contributed by atoms with van der Waals surface area (Å²) < 4.78 is 6.55. The van der Waals surface area contributed by atoms with Gasteiger partial charge >= 0.3 is 0 Å². The number of aliphatic hydroxyl groups is 1. The molecule has 1 aliphatic rings. The lowest BCUT2D eigenvalue weighted by molar-refractivity contribution is 0.0507. The second kappa shape index (κ2) is 7.39. The molecule has 0 radical (unpaired) electrons. The summed E-state index contributed by atoms with van der Waals surface area (Å²) in [6.07, 6.45) is 2.15. The van der Waals surface area contributed by atoms with Crippen LogP contribution in [0, 0.1) is 5.92 Å². The number of halogens is 1. The summed E-state index contributed by atoms with van der Waals surface area (Å²) in [5.74, 6) is 0.573. The van der Waals surface area contributed by atoms with Crippen molar-refractivity contribution >= 4 is 15.9 Å². The fourth-order valence-corrected chi connectivity index (χ4v) is 2.85. The molecule has 19 heavy (non-hydrogen) atoms. The maximum absolute atomic E-state index is 9.28. The molecule has 0 unspecified atom stereocenters. The molecule has 1 saturated heterocycles. The van der Waals surface area contributed by atoms with Crippen LogP contribution >= 0.6 is 15.9 Å². The molecular formula is C15H22BrNO2. The highest BCUT2D eigenvalue weighted by Gasteiger charge is 2.26. The molecule has 2 rings (SSSR count). The van der Waals surface area contributed by atoms with Crippen LogP contribution in [0.2, 0.25) is 0 Å². The Morgan fingerprint density at radius 2 is 1.95 bits per heavy atom. The van der Waals surface area contributed by atoms with Crippen molar-refractivity contribution in [3.8, 4) is 0 Å². The summed E-state index contributed by atoms with van der Waals surface area (Å²) in [5.41, 5.74) is 1.29. The molecule has 1 heterocycles. The zero-order valence-electron chi connectivity index (χ0n) is 11.3. The van der Waals surface area contributed by atoms with Gasteiger partial charge in [-0.05, 0) is 43.4 Å². The molecule has 4 heteroatoms. The molecule has 0 spiro atoms. The first-order valence-electron chi connectivity index (χ1n) is 6.91. The number of ether oxygens (including phenoxy) is 1. The van der Waals surface area contributed by atoms with Gasteiger partial charge in [0, 0.05) is 29.8 Å². The van der Waals surface area contributed by atoms with Crippen LogP contribution in [0.3, 0.4) is 0 Å². The average Bonchev–Trinajstić information content (AvgIpc) is 2.46. The maximum atomic E-state index is 9.28. The molecular weight excluding hydrogens is 306 g/mol. The Bertz CT molecular complexity index is 376. The van der Waals surface area contributed by atoms with Crippen LogP contribution in [-0.2, 0) is 4.74 Å². The monoisotopic (exact) mass is 327 g/mol. The summed E-state index contributed by atoms with van der Waals surface area (Å²) in [4.78, 5) is 0. The first kappa shape index (κ1) is 15.0. The third-order valence-electron chi connectivity index (χ3n) is 3.70. The Labute approximate surface area is 123 Å². The van der Waals surface area contributed by atoms with Crippen LogP contribution in [0.4, 0.5) is 0 Å². The summed E-state index contributed by atoms with van der Waals surface area (Å²) >= 11 is 3.47. The fraction of sp³-hybridized carbons (Fsp3) is 0.600. The lowest BCUT2D eigenvalue weighted by Crippen LogP contribution is -2.38. The molecule has 0 aliphatic carbocycles. The van der Waals surface area contributed by atoms with E-state index >= 15 is 0 Å². The van der Waals surface area contributed by atoms with Crippen molar-refractivity contribution in [2.75, 3.05) is 19.8 Å². The lowest BCUT2D eigenvalue weighted by Gasteiger charge is -2.33. The predicted octanol–water partition coefficient (Wildman–Crippen LogP) is 2.89. The number of nitrogens with one attached hydrogen (secondary N) is 1. The van der Waals surface area contributed by atoms with Crippen molar-refractivity contribution in [1.29, 1.82) is 0 Å². The van der Waals surface area contributed by atoms with E-state index in [9.17, 15) is 5.11 Å². The molecule has 3 nitrogen and oxygen atoms in total. The molecule has 0 aromatic heterocycles. The second-order valence-corrected chi connectivity index (χ2v) is 6.14. The number of aliphatic hydroxyl groups excluding tert-OH is 1. The van der Waals surface area contributed by atoms with Crippen molar-refractivity contribution in [3.63, 3.8) is 0 Å². The Morgan fingerprint density at radius 3 is 2.53 bits per heavy atom. The molecule has 2 N–H and O–H groups in total. The van der Waals surface area contributed by atoms with Crippen LogP contribution in [-0.4, -0.2) is 31.0 Å². The Balaban J connectivity index is 2.14. The maximum Gasteiger partial charge on any atom is 0.0582 e. The number of benzene rings is 1. The van der Waals surface area contributed by atoms with Crippen LogP contribution in [0.25, 0.3) is 0 Å². The van der Waals surface area contributed by atoms with E-state index in [0.29, 0.717) is 12.0 Å². The van der Waals surface area contributed by atoms with E-state index in [2.05, 4.69) is 45.5 Å². The zero-order valence-corrected chi connectivity index (χ0v) is 12.9. The fourth-order valence-electron chi connectivity index (χ4n) is 2.58. The van der Waals surface area contributed by atoms with Crippen molar-refractivity contribution in [1.82, 2.24) is 5.32 Å². The third-order valence-corrected chi connectivity index (χ3v) is 4.23. The topological polar surface area (TPSA) is 41.5 Å². The van der Waals surface area contributed by atoms with Crippen molar-refractivity contribution in [2.24, 2.45) is 5.92 Å². The van der Waals surface area contributed by atoms with Gasteiger partial charge in [-0.1, -0.05) is 28.1 Å². The quantitative estimate of drug-likeness (QED) is 0.873. The van der Waals surface area contributed by atoms with Crippen LogP contribution in [0.5, 0.6) is 0 Å². The SMILES string of the molecule is C[C@@H](CO)N[C@H](c1ccc(Br)cc1)C1CCOCC1. The second-order valence-electron chi connectivity index (χ2n) is 5.23. The Morgan fingerprint density at radius 1 is 1.32 bits per heavy atom. The van der Waals surface area contributed by atoms with E-state index in [1.54, 1.807) is 0 Å².